The first-order chi connectivity index (χ1) is 7.86. The summed E-state index contributed by atoms with van der Waals surface area (Å²) in [6.45, 7) is 3.25. The molecule has 0 radical (unpaired) electrons. The van der Waals surface area contributed by atoms with Crippen molar-refractivity contribution in [2.45, 2.75) is 64.3 Å². The monoisotopic (exact) mass is 219 g/mol. The van der Waals surface area contributed by atoms with Gasteiger partial charge in [0.25, 0.3) is 0 Å². The number of nitrogens with one attached hydrogen (secondary N) is 1. The summed E-state index contributed by atoms with van der Waals surface area (Å²) in [5.74, 6) is 2.73. The molecule has 0 saturated heterocycles. The maximum Gasteiger partial charge on any atom is 0.0104 e. The summed E-state index contributed by atoms with van der Waals surface area (Å²) >= 11 is 0. The molecule has 0 spiro atoms. The average Bonchev–Trinajstić information content (AvgIpc) is 2.31. The van der Waals surface area contributed by atoms with E-state index in [1.165, 1.54) is 38.5 Å². The molecule has 0 saturated carbocycles. The minimum absolute atomic E-state index is 0.641. The molecular weight excluding hydrogens is 194 g/mol. The summed E-state index contributed by atoms with van der Waals surface area (Å²) < 4.78 is 0. The summed E-state index contributed by atoms with van der Waals surface area (Å²) in [7, 11) is 0. The lowest BCUT2D eigenvalue weighted by Crippen LogP contribution is -2.29. The molecule has 16 heavy (non-hydrogen) atoms. The fourth-order valence-corrected chi connectivity index (χ4v) is 2.42. The molecule has 0 amide bonds. The van der Waals surface area contributed by atoms with E-state index >= 15 is 0 Å². The first kappa shape index (κ1) is 13.3. The fraction of sp³-hybridized carbons (Fsp3) is 0.733. The van der Waals surface area contributed by atoms with Crippen LogP contribution in [0, 0.1) is 12.3 Å². The van der Waals surface area contributed by atoms with Crippen molar-refractivity contribution in [1.29, 1.82) is 0 Å². The molecule has 0 aromatic carbocycles. The Morgan fingerprint density at radius 3 is 3.00 bits per heavy atom. The van der Waals surface area contributed by atoms with E-state index in [9.17, 15) is 0 Å². The van der Waals surface area contributed by atoms with Gasteiger partial charge in [-0.1, -0.05) is 18.6 Å². The van der Waals surface area contributed by atoms with E-state index in [0.717, 1.165) is 19.4 Å². The van der Waals surface area contributed by atoms with Crippen molar-refractivity contribution in [1.82, 2.24) is 5.32 Å². The van der Waals surface area contributed by atoms with E-state index in [0.29, 0.717) is 6.04 Å². The van der Waals surface area contributed by atoms with E-state index in [1.54, 1.807) is 5.57 Å². The predicted octanol–water partition coefficient (Wildman–Crippen LogP) is 3.66. The molecule has 1 heteroatoms. The molecule has 1 atom stereocenters. The van der Waals surface area contributed by atoms with Crippen LogP contribution in [0.1, 0.15) is 58.3 Å². The highest BCUT2D eigenvalue weighted by molar-refractivity contribution is 5.07. The first-order valence-electron chi connectivity index (χ1n) is 6.71. The van der Waals surface area contributed by atoms with Crippen LogP contribution >= 0.6 is 0 Å². The van der Waals surface area contributed by atoms with E-state index in [1.807, 2.05) is 0 Å². The second-order valence-corrected chi connectivity index (χ2v) is 4.66. The number of hydrogen-bond acceptors (Lipinski definition) is 1. The van der Waals surface area contributed by atoms with Gasteiger partial charge in [-0.3, -0.25) is 0 Å². The molecule has 1 nitrogen and oxygen atoms in total. The topological polar surface area (TPSA) is 12.0 Å². The van der Waals surface area contributed by atoms with Crippen molar-refractivity contribution < 1.29 is 0 Å². The van der Waals surface area contributed by atoms with Gasteiger partial charge in [-0.15, -0.1) is 12.3 Å². The number of hydrogen-bond donors (Lipinski definition) is 1. The zero-order chi connectivity index (χ0) is 11.6. The van der Waals surface area contributed by atoms with Gasteiger partial charge in [0.1, 0.15) is 0 Å². The lowest BCUT2D eigenvalue weighted by atomic mass is 9.92. The Morgan fingerprint density at radius 2 is 2.38 bits per heavy atom. The maximum atomic E-state index is 5.29. The SMILES string of the molecule is C#CCCCC(CC1=CCCCC1)NCC. The Kier molecular flexibility index (Phi) is 7.01. The van der Waals surface area contributed by atoms with Crippen molar-refractivity contribution in [3.05, 3.63) is 11.6 Å². The zero-order valence-electron chi connectivity index (χ0n) is 10.6. The Labute approximate surface area is 101 Å². The lowest BCUT2D eigenvalue weighted by molar-refractivity contribution is 0.467. The normalized spacial score (nSPS) is 17.6. The minimum Gasteiger partial charge on any atom is -0.314 e. The third-order valence-electron chi connectivity index (χ3n) is 3.26. The summed E-state index contributed by atoms with van der Waals surface area (Å²) in [6.07, 6.45) is 17.6. The van der Waals surface area contributed by atoms with E-state index < -0.39 is 0 Å². The van der Waals surface area contributed by atoms with Gasteiger partial charge in [-0.2, -0.15) is 0 Å². The molecule has 0 heterocycles. The van der Waals surface area contributed by atoms with Crippen molar-refractivity contribution in [2.75, 3.05) is 6.54 Å². The van der Waals surface area contributed by atoms with Crippen LogP contribution < -0.4 is 5.32 Å². The largest absolute Gasteiger partial charge is 0.314 e. The molecule has 1 unspecified atom stereocenters. The van der Waals surface area contributed by atoms with E-state index in [2.05, 4.69) is 24.2 Å². The first-order valence-corrected chi connectivity index (χ1v) is 6.71. The molecular formula is C15H25N. The van der Waals surface area contributed by atoms with Gasteiger partial charge in [0, 0.05) is 12.5 Å². The summed E-state index contributed by atoms with van der Waals surface area (Å²) in [4.78, 5) is 0. The fourth-order valence-electron chi connectivity index (χ4n) is 2.42. The highest BCUT2D eigenvalue weighted by Gasteiger charge is 2.11. The van der Waals surface area contributed by atoms with Crippen LogP contribution in [0.15, 0.2) is 11.6 Å². The number of terminal acetylenes is 1. The molecule has 90 valence electrons. The van der Waals surface area contributed by atoms with Crippen LogP contribution in [0.5, 0.6) is 0 Å². The Morgan fingerprint density at radius 1 is 1.50 bits per heavy atom. The molecule has 1 aliphatic carbocycles. The van der Waals surface area contributed by atoms with Crippen molar-refractivity contribution in [2.24, 2.45) is 0 Å². The number of rotatable bonds is 7. The minimum atomic E-state index is 0.641. The van der Waals surface area contributed by atoms with Crippen molar-refractivity contribution in [3.8, 4) is 12.3 Å². The third kappa shape index (κ3) is 5.37. The smallest absolute Gasteiger partial charge is 0.0104 e. The third-order valence-corrected chi connectivity index (χ3v) is 3.26. The second kappa shape index (κ2) is 8.42. The van der Waals surface area contributed by atoms with Crippen LogP contribution in [-0.4, -0.2) is 12.6 Å². The highest BCUT2D eigenvalue weighted by atomic mass is 14.9. The van der Waals surface area contributed by atoms with Gasteiger partial charge in [0.05, 0.1) is 0 Å². The van der Waals surface area contributed by atoms with E-state index in [4.69, 9.17) is 6.42 Å². The van der Waals surface area contributed by atoms with Crippen LogP contribution in [0.3, 0.4) is 0 Å². The number of allylic oxidation sites excluding steroid dienone is 1. The summed E-state index contributed by atoms with van der Waals surface area (Å²) in [5.41, 5.74) is 1.66. The zero-order valence-corrected chi connectivity index (χ0v) is 10.6. The Hall–Kier alpha value is -0.740. The quantitative estimate of drug-likeness (QED) is 0.391. The van der Waals surface area contributed by atoms with Crippen LogP contribution in [-0.2, 0) is 0 Å². The molecule has 1 N–H and O–H groups in total. The second-order valence-electron chi connectivity index (χ2n) is 4.66. The van der Waals surface area contributed by atoms with Crippen LogP contribution in [0.4, 0.5) is 0 Å². The van der Waals surface area contributed by atoms with Crippen molar-refractivity contribution >= 4 is 0 Å². The van der Waals surface area contributed by atoms with Gasteiger partial charge < -0.3 is 5.32 Å². The van der Waals surface area contributed by atoms with Crippen LogP contribution in [0.25, 0.3) is 0 Å². The molecule has 1 rings (SSSR count). The maximum absolute atomic E-state index is 5.29. The molecule has 0 aromatic rings. The van der Waals surface area contributed by atoms with Gasteiger partial charge in [-0.05, 0) is 51.5 Å². The van der Waals surface area contributed by atoms with Crippen molar-refractivity contribution in [3.63, 3.8) is 0 Å². The van der Waals surface area contributed by atoms with Crippen LogP contribution in [0.2, 0.25) is 0 Å². The molecule has 0 aromatic heterocycles. The highest BCUT2D eigenvalue weighted by Crippen LogP contribution is 2.22. The average molecular weight is 219 g/mol. The Bertz CT molecular complexity index is 247. The van der Waals surface area contributed by atoms with E-state index in [-0.39, 0.29) is 0 Å². The molecule has 0 aliphatic heterocycles. The number of unbranched alkanes of at least 4 members (excludes halogenated alkanes) is 1. The molecule has 0 bridgehead atoms. The summed E-state index contributed by atoms with van der Waals surface area (Å²) in [5, 5.41) is 3.58. The summed E-state index contributed by atoms with van der Waals surface area (Å²) in [6, 6.07) is 0.641. The Balaban J connectivity index is 2.31. The van der Waals surface area contributed by atoms with Gasteiger partial charge in [0.15, 0.2) is 0 Å². The molecule has 0 fully saturated rings. The lowest BCUT2D eigenvalue weighted by Gasteiger charge is -2.21. The predicted molar refractivity (Wildman–Crippen MR) is 71.3 cm³/mol. The van der Waals surface area contributed by atoms with Gasteiger partial charge in [-0.25, -0.2) is 0 Å². The van der Waals surface area contributed by atoms with Gasteiger partial charge >= 0.3 is 0 Å². The van der Waals surface area contributed by atoms with Gasteiger partial charge in [0.2, 0.25) is 0 Å². The standard InChI is InChI=1S/C15H25N/c1-3-5-7-12-15(16-4-2)13-14-10-8-6-9-11-14/h1,10,15-16H,4-9,11-13H2,2H3. The molecule has 1 aliphatic rings.